The van der Waals surface area contributed by atoms with Gasteiger partial charge in [-0.15, -0.1) is 6.42 Å². The van der Waals surface area contributed by atoms with Gasteiger partial charge in [-0.25, -0.2) is 9.07 Å². The average Bonchev–Trinajstić information content (AvgIpc) is 2.68. The lowest BCUT2D eigenvalue weighted by Gasteiger charge is -1.97. The van der Waals surface area contributed by atoms with E-state index in [1.165, 1.54) is 28.9 Å². The maximum absolute atomic E-state index is 12.8. The van der Waals surface area contributed by atoms with E-state index in [1.54, 1.807) is 0 Å². The fraction of sp³-hybridized carbons (Fsp3) is 0.0769. The van der Waals surface area contributed by atoms with E-state index in [1.807, 2.05) is 0 Å². The number of hydrogen-bond acceptors (Lipinski definition) is 3. The molecule has 0 radical (unpaired) electrons. The zero-order valence-electron chi connectivity index (χ0n) is 9.43. The summed E-state index contributed by atoms with van der Waals surface area (Å²) in [5.41, 5.74) is 7.04. The van der Waals surface area contributed by atoms with Crippen molar-refractivity contribution in [2.24, 2.45) is 0 Å². The number of nitrogens with two attached hydrogens (primary N) is 1. The van der Waals surface area contributed by atoms with E-state index < -0.39 is 0 Å². The molecule has 0 fully saturated rings. The lowest BCUT2D eigenvalue weighted by atomic mass is 10.1. The first-order valence-electron chi connectivity index (χ1n) is 5.18. The summed E-state index contributed by atoms with van der Waals surface area (Å²) in [6.45, 7) is 0.174. The molecule has 0 saturated carbocycles. The van der Waals surface area contributed by atoms with Gasteiger partial charge in [0.2, 0.25) is 0 Å². The molecule has 2 aromatic rings. The van der Waals surface area contributed by atoms with E-state index in [9.17, 15) is 9.18 Å². The molecule has 0 atom stereocenters. The molecule has 0 amide bonds. The van der Waals surface area contributed by atoms with Crippen LogP contribution in [0.4, 0.5) is 10.2 Å². The Morgan fingerprint density at radius 3 is 2.67 bits per heavy atom. The van der Waals surface area contributed by atoms with Crippen molar-refractivity contribution in [1.82, 2.24) is 9.78 Å². The van der Waals surface area contributed by atoms with Crippen molar-refractivity contribution >= 4 is 12.1 Å². The molecular weight excluding hydrogens is 233 g/mol. The largest absolute Gasteiger partial charge is 0.383 e. The van der Waals surface area contributed by atoms with E-state index >= 15 is 0 Å². The Kier molecular flexibility index (Phi) is 3.11. The number of rotatable bonds is 3. The van der Waals surface area contributed by atoms with Gasteiger partial charge in [0.05, 0.1) is 5.56 Å². The van der Waals surface area contributed by atoms with Gasteiger partial charge in [0.1, 0.15) is 23.9 Å². The predicted octanol–water partition coefficient (Wildman–Crippen LogP) is 1.72. The number of carbonyl (C=O) groups excluding carboxylic acids is 1. The monoisotopic (exact) mass is 243 g/mol. The molecule has 0 aliphatic heterocycles. The van der Waals surface area contributed by atoms with Crippen LogP contribution in [0.25, 0.3) is 11.3 Å². The minimum atomic E-state index is -0.359. The highest BCUT2D eigenvalue weighted by atomic mass is 19.1. The standard InChI is InChI=1S/C13H10FN3O/c1-2-7-17-13(15)11(8-18)12(16-17)9-3-5-10(14)6-4-9/h1,3-6,8H,7,15H2. The number of nitrogens with zero attached hydrogens (tertiary/aromatic N) is 2. The van der Waals surface area contributed by atoms with Gasteiger partial charge >= 0.3 is 0 Å². The molecule has 0 bridgehead atoms. The smallest absolute Gasteiger partial charge is 0.156 e. The summed E-state index contributed by atoms with van der Waals surface area (Å²) in [5.74, 6) is 2.25. The molecule has 18 heavy (non-hydrogen) atoms. The molecule has 0 unspecified atom stereocenters. The van der Waals surface area contributed by atoms with Gasteiger partial charge in [-0.1, -0.05) is 5.92 Å². The summed E-state index contributed by atoms with van der Waals surface area (Å²) >= 11 is 0. The number of nitrogen functional groups attached to an aromatic ring is 1. The third kappa shape index (κ3) is 1.96. The zero-order chi connectivity index (χ0) is 13.1. The summed E-state index contributed by atoms with van der Waals surface area (Å²) in [7, 11) is 0. The molecule has 1 aromatic heterocycles. The molecule has 90 valence electrons. The van der Waals surface area contributed by atoms with Crippen molar-refractivity contribution in [3.8, 4) is 23.6 Å². The maximum atomic E-state index is 12.8. The SMILES string of the molecule is C#CCn1nc(-c2ccc(F)cc2)c(C=O)c1N. The van der Waals surface area contributed by atoms with E-state index in [2.05, 4.69) is 11.0 Å². The quantitative estimate of drug-likeness (QED) is 0.659. The molecule has 1 aromatic carbocycles. The van der Waals surface area contributed by atoms with Gasteiger partial charge < -0.3 is 5.73 Å². The first-order chi connectivity index (χ1) is 8.67. The van der Waals surface area contributed by atoms with Crippen LogP contribution < -0.4 is 5.73 Å². The van der Waals surface area contributed by atoms with Crippen LogP contribution in [0.2, 0.25) is 0 Å². The minimum absolute atomic E-state index is 0.174. The Morgan fingerprint density at radius 1 is 1.44 bits per heavy atom. The summed E-state index contributed by atoms with van der Waals surface area (Å²) in [6.07, 6.45) is 5.80. The molecule has 0 aliphatic rings. The normalized spacial score (nSPS) is 10.0. The number of halogens is 1. The van der Waals surface area contributed by atoms with Crippen molar-refractivity contribution in [1.29, 1.82) is 0 Å². The van der Waals surface area contributed by atoms with Gasteiger partial charge in [0, 0.05) is 5.56 Å². The van der Waals surface area contributed by atoms with Crippen LogP contribution in [0.1, 0.15) is 10.4 Å². The lowest BCUT2D eigenvalue weighted by Crippen LogP contribution is -2.03. The molecular formula is C13H10FN3O. The zero-order valence-corrected chi connectivity index (χ0v) is 9.43. The Bertz CT molecular complexity index is 623. The third-order valence-electron chi connectivity index (χ3n) is 2.51. The minimum Gasteiger partial charge on any atom is -0.383 e. The Hall–Kier alpha value is -2.61. The second-order valence-electron chi connectivity index (χ2n) is 3.63. The molecule has 4 nitrogen and oxygen atoms in total. The molecule has 5 heteroatoms. The first-order valence-corrected chi connectivity index (χ1v) is 5.18. The first kappa shape index (κ1) is 11.9. The third-order valence-corrected chi connectivity index (χ3v) is 2.51. The number of terminal acetylenes is 1. The lowest BCUT2D eigenvalue weighted by molar-refractivity contribution is 0.112. The van der Waals surface area contributed by atoms with E-state index in [0.717, 1.165) is 0 Å². The number of aldehydes is 1. The Morgan fingerprint density at radius 2 is 2.11 bits per heavy atom. The predicted molar refractivity (Wildman–Crippen MR) is 66.3 cm³/mol. The van der Waals surface area contributed by atoms with Crippen molar-refractivity contribution < 1.29 is 9.18 Å². The number of anilines is 1. The number of benzene rings is 1. The van der Waals surface area contributed by atoms with Gasteiger partial charge in [-0.05, 0) is 24.3 Å². The van der Waals surface area contributed by atoms with Crippen molar-refractivity contribution in [3.63, 3.8) is 0 Å². The molecule has 0 aliphatic carbocycles. The summed E-state index contributed by atoms with van der Waals surface area (Å²) in [6, 6.07) is 5.65. The van der Waals surface area contributed by atoms with Gasteiger partial charge in [-0.3, -0.25) is 4.79 Å². The number of hydrogen-bond donors (Lipinski definition) is 1. The topological polar surface area (TPSA) is 60.9 Å². The summed E-state index contributed by atoms with van der Waals surface area (Å²) in [4.78, 5) is 11.0. The van der Waals surface area contributed by atoms with Crippen LogP contribution in [0.5, 0.6) is 0 Å². The molecule has 0 spiro atoms. The average molecular weight is 243 g/mol. The van der Waals surface area contributed by atoms with E-state index in [4.69, 9.17) is 12.2 Å². The van der Waals surface area contributed by atoms with E-state index in [-0.39, 0.29) is 23.7 Å². The van der Waals surface area contributed by atoms with Crippen LogP contribution >= 0.6 is 0 Å². The highest BCUT2D eigenvalue weighted by Crippen LogP contribution is 2.25. The highest BCUT2D eigenvalue weighted by molar-refractivity contribution is 5.91. The summed E-state index contributed by atoms with van der Waals surface area (Å²) < 4.78 is 14.2. The second kappa shape index (κ2) is 4.72. The van der Waals surface area contributed by atoms with E-state index in [0.29, 0.717) is 17.5 Å². The van der Waals surface area contributed by atoms with Crippen LogP contribution in [0.3, 0.4) is 0 Å². The fourth-order valence-electron chi connectivity index (χ4n) is 1.63. The van der Waals surface area contributed by atoms with Crippen LogP contribution in [0, 0.1) is 18.2 Å². The van der Waals surface area contributed by atoms with Crippen molar-refractivity contribution in [2.75, 3.05) is 5.73 Å². The van der Waals surface area contributed by atoms with Crippen molar-refractivity contribution in [3.05, 3.63) is 35.6 Å². The van der Waals surface area contributed by atoms with Crippen LogP contribution in [-0.4, -0.2) is 16.1 Å². The maximum Gasteiger partial charge on any atom is 0.156 e. The van der Waals surface area contributed by atoms with Gasteiger partial charge in [-0.2, -0.15) is 5.10 Å². The second-order valence-corrected chi connectivity index (χ2v) is 3.63. The van der Waals surface area contributed by atoms with Gasteiger partial charge in [0.25, 0.3) is 0 Å². The Balaban J connectivity index is 2.57. The Labute approximate surface area is 103 Å². The van der Waals surface area contributed by atoms with Crippen LogP contribution in [-0.2, 0) is 6.54 Å². The summed E-state index contributed by atoms with van der Waals surface area (Å²) in [5, 5.41) is 4.17. The van der Waals surface area contributed by atoms with Crippen LogP contribution in [0.15, 0.2) is 24.3 Å². The highest BCUT2D eigenvalue weighted by Gasteiger charge is 2.15. The van der Waals surface area contributed by atoms with Crippen molar-refractivity contribution in [2.45, 2.75) is 6.54 Å². The molecule has 0 saturated heterocycles. The molecule has 2 rings (SSSR count). The molecule has 2 N–H and O–H groups in total. The number of aromatic nitrogens is 2. The number of carbonyl (C=O) groups is 1. The molecule has 1 heterocycles. The van der Waals surface area contributed by atoms with Gasteiger partial charge in [0.15, 0.2) is 6.29 Å². The fourth-order valence-corrected chi connectivity index (χ4v) is 1.63.